The minimum atomic E-state index is -3.51. The van der Waals surface area contributed by atoms with Crippen molar-refractivity contribution in [3.8, 4) is 0 Å². The molecule has 0 saturated carbocycles. The lowest BCUT2D eigenvalue weighted by molar-refractivity contribution is -0.129. The van der Waals surface area contributed by atoms with Crippen molar-refractivity contribution < 1.29 is 13.2 Å². The summed E-state index contributed by atoms with van der Waals surface area (Å²) in [5.41, 5.74) is 1.56. The van der Waals surface area contributed by atoms with Crippen molar-refractivity contribution >= 4 is 39.4 Å². The zero-order valence-electron chi connectivity index (χ0n) is 16.2. The van der Waals surface area contributed by atoms with Gasteiger partial charge in [0.15, 0.2) is 10.8 Å². The van der Waals surface area contributed by atoms with Crippen molar-refractivity contribution in [3.63, 3.8) is 0 Å². The lowest BCUT2D eigenvalue weighted by Crippen LogP contribution is -2.50. The minimum Gasteiger partial charge on any atom is -0.339 e. The maximum atomic E-state index is 12.6. The molecule has 1 aliphatic heterocycles. The van der Waals surface area contributed by atoms with E-state index in [4.69, 9.17) is 0 Å². The fourth-order valence-corrected chi connectivity index (χ4v) is 5.14. The van der Waals surface area contributed by atoms with E-state index in [2.05, 4.69) is 10.2 Å². The largest absolute Gasteiger partial charge is 0.339 e. The number of aromatic nitrogens is 3. The fourth-order valence-electron chi connectivity index (χ4n) is 3.14. The maximum absolute atomic E-state index is 12.6. The molecule has 3 aromatic rings. The van der Waals surface area contributed by atoms with Gasteiger partial charge in [-0.25, -0.2) is 8.42 Å². The van der Waals surface area contributed by atoms with Crippen LogP contribution in [0.4, 0.5) is 0 Å². The highest BCUT2D eigenvalue weighted by molar-refractivity contribution is 7.99. The Hall–Kier alpha value is -2.69. The van der Waals surface area contributed by atoms with E-state index >= 15 is 0 Å². The summed E-state index contributed by atoms with van der Waals surface area (Å²) in [7, 11) is -3.51. The summed E-state index contributed by atoms with van der Waals surface area (Å²) < 4.78 is 28.4. The molecule has 0 N–H and O–H groups in total. The van der Waals surface area contributed by atoms with Crippen LogP contribution in [0.1, 0.15) is 5.56 Å². The molecule has 0 unspecified atom stereocenters. The molecule has 0 aliphatic carbocycles. The summed E-state index contributed by atoms with van der Waals surface area (Å²) in [6.45, 7) is 1.31. The van der Waals surface area contributed by atoms with Crippen LogP contribution in [-0.2, 0) is 14.8 Å². The smallest absolute Gasteiger partial charge is 0.236 e. The quantitative estimate of drug-likeness (QED) is 0.541. The predicted octanol–water partition coefficient (Wildman–Crippen LogP) is 1.97. The first-order chi connectivity index (χ1) is 14.5. The Kier molecular flexibility index (Phi) is 6.16. The average molecular weight is 444 g/mol. The Balaban J connectivity index is 1.30. The summed E-state index contributed by atoms with van der Waals surface area (Å²) in [6.07, 6.45) is 3.45. The van der Waals surface area contributed by atoms with Crippen molar-refractivity contribution in [1.29, 1.82) is 0 Å². The van der Waals surface area contributed by atoms with Crippen molar-refractivity contribution in [2.75, 3.05) is 31.9 Å². The van der Waals surface area contributed by atoms with E-state index in [1.807, 2.05) is 59.1 Å². The van der Waals surface area contributed by atoms with E-state index < -0.39 is 10.0 Å². The second-order valence-electron chi connectivity index (χ2n) is 6.74. The second kappa shape index (κ2) is 8.99. The van der Waals surface area contributed by atoms with Crippen LogP contribution < -0.4 is 0 Å². The van der Waals surface area contributed by atoms with Crippen LogP contribution in [0.5, 0.6) is 0 Å². The van der Waals surface area contributed by atoms with Gasteiger partial charge < -0.3 is 4.90 Å². The molecule has 3 heterocycles. The van der Waals surface area contributed by atoms with E-state index in [9.17, 15) is 13.2 Å². The first-order valence-corrected chi connectivity index (χ1v) is 12.0. The molecular formula is C20H21N5O3S2. The lowest BCUT2D eigenvalue weighted by Gasteiger charge is -2.33. The van der Waals surface area contributed by atoms with Gasteiger partial charge in [-0.15, -0.1) is 10.2 Å². The van der Waals surface area contributed by atoms with E-state index in [0.29, 0.717) is 18.2 Å². The van der Waals surface area contributed by atoms with Crippen LogP contribution in [0.25, 0.3) is 11.7 Å². The molecule has 8 nitrogen and oxygen atoms in total. The number of rotatable bonds is 6. The maximum Gasteiger partial charge on any atom is 0.236 e. The topological polar surface area (TPSA) is 87.9 Å². The van der Waals surface area contributed by atoms with Gasteiger partial charge in [-0.3, -0.25) is 9.20 Å². The second-order valence-corrected chi connectivity index (χ2v) is 9.50. The molecule has 4 rings (SSSR count). The van der Waals surface area contributed by atoms with E-state index in [1.165, 1.54) is 21.5 Å². The Bertz CT molecular complexity index is 1150. The molecule has 2 aromatic heterocycles. The van der Waals surface area contributed by atoms with Crippen LogP contribution in [0.3, 0.4) is 0 Å². The van der Waals surface area contributed by atoms with Crippen LogP contribution in [0.2, 0.25) is 0 Å². The average Bonchev–Trinajstić information content (AvgIpc) is 3.20. The Morgan fingerprint density at radius 2 is 1.73 bits per heavy atom. The fraction of sp³-hybridized carbons (Fsp3) is 0.250. The van der Waals surface area contributed by atoms with Crippen molar-refractivity contribution in [2.45, 2.75) is 5.16 Å². The Labute approximate surface area is 179 Å². The zero-order valence-corrected chi connectivity index (χ0v) is 17.8. The summed E-state index contributed by atoms with van der Waals surface area (Å²) in [5, 5.41) is 10.1. The van der Waals surface area contributed by atoms with E-state index in [-0.39, 0.29) is 24.7 Å². The highest BCUT2D eigenvalue weighted by Crippen LogP contribution is 2.18. The van der Waals surface area contributed by atoms with Gasteiger partial charge in [-0.1, -0.05) is 48.2 Å². The van der Waals surface area contributed by atoms with Gasteiger partial charge >= 0.3 is 0 Å². The van der Waals surface area contributed by atoms with Gasteiger partial charge in [-0.05, 0) is 23.8 Å². The van der Waals surface area contributed by atoms with Crippen LogP contribution in [0, 0.1) is 0 Å². The standard InChI is InChI=1S/C20H21N5O3S2/c26-19(16-29-20-22-21-18-8-4-5-10-25(18)20)23-11-13-24(14-12-23)30(27,28)15-9-17-6-2-1-3-7-17/h1-10,15H,11-14,16H2/b15-9+. The zero-order chi connectivity index (χ0) is 21.0. The molecule has 1 amide bonds. The normalized spacial score (nSPS) is 15.8. The van der Waals surface area contributed by atoms with Crippen LogP contribution in [0.15, 0.2) is 65.3 Å². The van der Waals surface area contributed by atoms with Gasteiger partial charge in [0.25, 0.3) is 0 Å². The third-order valence-electron chi connectivity index (χ3n) is 4.79. The number of nitrogens with zero attached hydrogens (tertiary/aromatic N) is 5. The number of sulfonamides is 1. The van der Waals surface area contributed by atoms with Crippen molar-refractivity contribution in [2.24, 2.45) is 0 Å². The molecule has 156 valence electrons. The number of thioether (sulfide) groups is 1. The third-order valence-corrected chi connectivity index (χ3v) is 7.28. The highest BCUT2D eigenvalue weighted by Gasteiger charge is 2.27. The van der Waals surface area contributed by atoms with Crippen molar-refractivity contribution in [3.05, 3.63) is 65.7 Å². The number of carbonyl (C=O) groups is 1. The summed E-state index contributed by atoms with van der Waals surface area (Å²) in [6, 6.07) is 14.9. The molecular weight excluding hydrogens is 422 g/mol. The van der Waals surface area contributed by atoms with Crippen LogP contribution >= 0.6 is 11.8 Å². The lowest BCUT2D eigenvalue weighted by atomic mass is 10.2. The molecule has 0 radical (unpaired) electrons. The Morgan fingerprint density at radius 3 is 2.50 bits per heavy atom. The number of carbonyl (C=O) groups excluding carboxylic acids is 1. The number of benzene rings is 1. The van der Waals surface area contributed by atoms with Crippen molar-refractivity contribution in [1.82, 2.24) is 23.8 Å². The molecule has 0 bridgehead atoms. The number of hydrogen-bond acceptors (Lipinski definition) is 6. The molecule has 0 atom stereocenters. The predicted molar refractivity (Wildman–Crippen MR) is 116 cm³/mol. The van der Waals surface area contributed by atoms with E-state index in [1.54, 1.807) is 11.0 Å². The molecule has 10 heteroatoms. The number of amides is 1. The summed E-state index contributed by atoms with van der Waals surface area (Å²) in [5.74, 6) is 0.195. The van der Waals surface area contributed by atoms with E-state index in [0.717, 1.165) is 11.2 Å². The molecule has 0 spiro atoms. The number of fused-ring (bicyclic) bond motifs is 1. The van der Waals surface area contributed by atoms with Gasteiger partial charge in [0.05, 0.1) is 5.75 Å². The van der Waals surface area contributed by atoms with Gasteiger partial charge in [-0.2, -0.15) is 4.31 Å². The first kappa shape index (κ1) is 20.6. The highest BCUT2D eigenvalue weighted by atomic mass is 32.2. The first-order valence-electron chi connectivity index (χ1n) is 9.46. The number of piperazine rings is 1. The molecule has 1 fully saturated rings. The monoisotopic (exact) mass is 443 g/mol. The summed E-state index contributed by atoms with van der Waals surface area (Å²) in [4.78, 5) is 14.3. The minimum absolute atomic E-state index is 0.0374. The van der Waals surface area contributed by atoms with Gasteiger partial charge in [0, 0.05) is 37.8 Å². The molecule has 1 aromatic carbocycles. The molecule has 30 heavy (non-hydrogen) atoms. The van der Waals surface area contributed by atoms with Gasteiger partial charge in [0.2, 0.25) is 15.9 Å². The number of pyridine rings is 1. The molecule has 1 saturated heterocycles. The van der Waals surface area contributed by atoms with Gasteiger partial charge in [0.1, 0.15) is 0 Å². The third kappa shape index (κ3) is 4.72. The number of hydrogen-bond donors (Lipinski definition) is 0. The summed E-state index contributed by atoms with van der Waals surface area (Å²) >= 11 is 1.33. The Morgan fingerprint density at radius 1 is 1.00 bits per heavy atom. The molecule has 1 aliphatic rings. The SMILES string of the molecule is O=C(CSc1nnc2ccccn12)N1CCN(S(=O)(=O)/C=C/c2ccccc2)CC1. The van der Waals surface area contributed by atoms with Crippen LogP contribution in [-0.4, -0.2) is 70.1 Å².